The maximum absolute atomic E-state index is 5.58. The summed E-state index contributed by atoms with van der Waals surface area (Å²) in [5.41, 5.74) is 0. The lowest BCUT2D eigenvalue weighted by atomic mass is 10.3. The highest BCUT2D eigenvalue weighted by molar-refractivity contribution is 4.72. The van der Waals surface area contributed by atoms with Crippen molar-refractivity contribution in [2.75, 3.05) is 26.7 Å². The summed E-state index contributed by atoms with van der Waals surface area (Å²) in [6.07, 6.45) is 2.88. The Morgan fingerprint density at radius 1 is 1.60 bits per heavy atom. The van der Waals surface area contributed by atoms with Gasteiger partial charge in [-0.1, -0.05) is 6.92 Å². The lowest BCUT2D eigenvalue weighted by molar-refractivity contribution is 0.0614. The van der Waals surface area contributed by atoms with Gasteiger partial charge in [0.25, 0.3) is 0 Å². The molecule has 2 nitrogen and oxygen atoms in total. The van der Waals surface area contributed by atoms with E-state index in [2.05, 4.69) is 18.9 Å². The first-order valence-electron chi connectivity index (χ1n) is 4.13. The highest BCUT2D eigenvalue weighted by Crippen LogP contribution is 2.09. The van der Waals surface area contributed by atoms with Crippen LogP contribution in [0.2, 0.25) is 0 Å². The van der Waals surface area contributed by atoms with Gasteiger partial charge in [-0.3, -0.25) is 0 Å². The molecular weight excluding hydrogens is 126 g/mol. The molecule has 60 valence electrons. The Morgan fingerprint density at radius 2 is 2.40 bits per heavy atom. The summed E-state index contributed by atoms with van der Waals surface area (Å²) in [4.78, 5) is 2.32. The molecule has 1 unspecified atom stereocenters. The maximum Gasteiger partial charge on any atom is 0.0714 e. The Balaban J connectivity index is 2.06. The van der Waals surface area contributed by atoms with E-state index in [0.717, 1.165) is 19.6 Å². The van der Waals surface area contributed by atoms with Gasteiger partial charge in [0, 0.05) is 19.7 Å². The van der Waals surface area contributed by atoms with Gasteiger partial charge in [0.2, 0.25) is 0 Å². The molecule has 10 heavy (non-hydrogen) atoms. The van der Waals surface area contributed by atoms with E-state index < -0.39 is 0 Å². The molecule has 1 aliphatic heterocycles. The zero-order valence-corrected chi connectivity index (χ0v) is 6.97. The fourth-order valence-electron chi connectivity index (χ4n) is 1.32. The molecule has 0 aromatic heterocycles. The van der Waals surface area contributed by atoms with E-state index in [0.29, 0.717) is 6.10 Å². The third-order valence-corrected chi connectivity index (χ3v) is 1.91. The molecule has 0 saturated carbocycles. The molecule has 0 aromatic rings. The predicted molar refractivity (Wildman–Crippen MR) is 42.1 cm³/mol. The van der Waals surface area contributed by atoms with Gasteiger partial charge in [-0.15, -0.1) is 0 Å². The van der Waals surface area contributed by atoms with E-state index in [4.69, 9.17) is 4.74 Å². The van der Waals surface area contributed by atoms with Crippen molar-refractivity contribution in [1.29, 1.82) is 0 Å². The number of rotatable bonds is 3. The van der Waals surface area contributed by atoms with Gasteiger partial charge in [-0.05, 0) is 19.9 Å². The summed E-state index contributed by atoms with van der Waals surface area (Å²) in [5.74, 6) is 0. The van der Waals surface area contributed by atoms with Gasteiger partial charge in [0.1, 0.15) is 0 Å². The fourth-order valence-corrected chi connectivity index (χ4v) is 1.32. The van der Waals surface area contributed by atoms with Crippen molar-refractivity contribution in [3.63, 3.8) is 0 Å². The second-order valence-electron chi connectivity index (χ2n) is 3.04. The first kappa shape index (κ1) is 8.02. The fraction of sp³-hybridized carbons (Fsp3) is 1.00. The molecule has 0 bridgehead atoms. The summed E-state index contributed by atoms with van der Waals surface area (Å²) in [6.45, 7) is 5.41. The van der Waals surface area contributed by atoms with Crippen molar-refractivity contribution in [3.05, 3.63) is 0 Å². The van der Waals surface area contributed by atoms with Crippen LogP contribution in [0.4, 0.5) is 0 Å². The van der Waals surface area contributed by atoms with Gasteiger partial charge in [-0.2, -0.15) is 0 Å². The Morgan fingerprint density at radius 3 is 2.90 bits per heavy atom. The van der Waals surface area contributed by atoms with Crippen LogP contribution in [-0.4, -0.2) is 37.7 Å². The first-order valence-corrected chi connectivity index (χ1v) is 4.13. The van der Waals surface area contributed by atoms with Crippen molar-refractivity contribution >= 4 is 0 Å². The molecule has 1 rings (SSSR count). The first-order chi connectivity index (χ1) is 4.83. The standard InChI is InChI=1S/C8H17NO/c1-3-6-10-8-4-5-9(2)7-8/h8H,3-7H2,1-2H3. The number of ether oxygens (including phenoxy) is 1. The Kier molecular flexibility index (Phi) is 3.16. The maximum atomic E-state index is 5.58. The summed E-state index contributed by atoms with van der Waals surface area (Å²) in [6, 6.07) is 0. The summed E-state index contributed by atoms with van der Waals surface area (Å²) < 4.78 is 5.58. The SMILES string of the molecule is CCCOC1CCN(C)C1. The van der Waals surface area contributed by atoms with Crippen LogP contribution in [0.5, 0.6) is 0 Å². The average molecular weight is 143 g/mol. The second-order valence-corrected chi connectivity index (χ2v) is 3.04. The minimum Gasteiger partial charge on any atom is -0.377 e. The lowest BCUT2D eigenvalue weighted by Gasteiger charge is -2.10. The summed E-state index contributed by atoms with van der Waals surface area (Å²) >= 11 is 0. The highest BCUT2D eigenvalue weighted by Gasteiger charge is 2.18. The van der Waals surface area contributed by atoms with Gasteiger partial charge >= 0.3 is 0 Å². The molecule has 0 spiro atoms. The normalized spacial score (nSPS) is 27.6. The van der Waals surface area contributed by atoms with Crippen LogP contribution in [0.3, 0.4) is 0 Å². The molecule has 1 saturated heterocycles. The Labute approximate surface area is 63.2 Å². The molecule has 2 heteroatoms. The number of likely N-dealkylation sites (N-methyl/N-ethyl adjacent to an activating group) is 1. The van der Waals surface area contributed by atoms with E-state index >= 15 is 0 Å². The third kappa shape index (κ3) is 2.27. The molecule has 0 aromatic carbocycles. The molecule has 1 heterocycles. The topological polar surface area (TPSA) is 12.5 Å². The van der Waals surface area contributed by atoms with E-state index in [-0.39, 0.29) is 0 Å². The summed E-state index contributed by atoms with van der Waals surface area (Å²) in [5, 5.41) is 0. The van der Waals surface area contributed by atoms with Crippen LogP contribution in [0.25, 0.3) is 0 Å². The van der Waals surface area contributed by atoms with E-state index in [1.807, 2.05) is 0 Å². The van der Waals surface area contributed by atoms with Crippen LogP contribution in [0.15, 0.2) is 0 Å². The van der Waals surface area contributed by atoms with E-state index in [1.165, 1.54) is 13.0 Å². The molecule has 0 amide bonds. The van der Waals surface area contributed by atoms with E-state index in [9.17, 15) is 0 Å². The van der Waals surface area contributed by atoms with E-state index in [1.54, 1.807) is 0 Å². The van der Waals surface area contributed by atoms with Crippen molar-refractivity contribution in [3.8, 4) is 0 Å². The zero-order chi connectivity index (χ0) is 7.40. The smallest absolute Gasteiger partial charge is 0.0714 e. The lowest BCUT2D eigenvalue weighted by Crippen LogP contribution is -2.19. The van der Waals surface area contributed by atoms with Gasteiger partial charge in [-0.25, -0.2) is 0 Å². The largest absolute Gasteiger partial charge is 0.377 e. The van der Waals surface area contributed by atoms with Crippen molar-refractivity contribution in [2.45, 2.75) is 25.9 Å². The predicted octanol–water partition coefficient (Wildman–Crippen LogP) is 1.12. The monoisotopic (exact) mass is 143 g/mol. The summed E-state index contributed by atoms with van der Waals surface area (Å²) in [7, 11) is 2.15. The minimum atomic E-state index is 0.518. The highest BCUT2D eigenvalue weighted by atomic mass is 16.5. The molecule has 0 aliphatic carbocycles. The van der Waals surface area contributed by atoms with Crippen LogP contribution in [-0.2, 0) is 4.74 Å². The van der Waals surface area contributed by atoms with Crippen LogP contribution < -0.4 is 0 Å². The van der Waals surface area contributed by atoms with Crippen LogP contribution in [0.1, 0.15) is 19.8 Å². The van der Waals surface area contributed by atoms with Crippen molar-refractivity contribution in [1.82, 2.24) is 4.90 Å². The Hall–Kier alpha value is -0.0800. The van der Waals surface area contributed by atoms with Gasteiger partial charge < -0.3 is 9.64 Å². The molecular formula is C8H17NO. The molecule has 1 atom stereocenters. The van der Waals surface area contributed by atoms with Gasteiger partial charge in [0.15, 0.2) is 0 Å². The molecule has 1 aliphatic rings. The molecule has 0 radical (unpaired) electrons. The molecule has 0 N–H and O–H groups in total. The number of likely N-dealkylation sites (tertiary alicyclic amines) is 1. The third-order valence-electron chi connectivity index (χ3n) is 1.91. The van der Waals surface area contributed by atoms with Crippen LogP contribution >= 0.6 is 0 Å². The number of hydrogen-bond donors (Lipinski definition) is 0. The average Bonchev–Trinajstić information content (AvgIpc) is 2.31. The zero-order valence-electron chi connectivity index (χ0n) is 6.97. The second kappa shape index (κ2) is 3.94. The van der Waals surface area contributed by atoms with Crippen molar-refractivity contribution in [2.24, 2.45) is 0 Å². The van der Waals surface area contributed by atoms with Crippen molar-refractivity contribution < 1.29 is 4.74 Å². The quantitative estimate of drug-likeness (QED) is 0.587. The number of hydrogen-bond acceptors (Lipinski definition) is 2. The van der Waals surface area contributed by atoms with Crippen LogP contribution in [0, 0.1) is 0 Å². The Bertz CT molecular complexity index is 95.3. The van der Waals surface area contributed by atoms with Gasteiger partial charge in [0.05, 0.1) is 6.10 Å². The number of nitrogens with zero attached hydrogens (tertiary/aromatic N) is 1. The molecule has 1 fully saturated rings. The minimum absolute atomic E-state index is 0.518.